The average Bonchev–Trinajstić information content (AvgIpc) is 2.87. The number of hydrogen-bond donors (Lipinski definition) is 1. The number of para-hydroxylation sites is 1. The Labute approximate surface area is 154 Å². The number of anilines is 1. The number of carbonyl (C=O) groups excluding carboxylic acids is 3. The normalized spacial score (nSPS) is 19.2. The van der Waals surface area contributed by atoms with E-state index in [2.05, 4.69) is 5.32 Å². The van der Waals surface area contributed by atoms with E-state index in [4.69, 9.17) is 0 Å². The van der Waals surface area contributed by atoms with Gasteiger partial charge in [-0.05, 0) is 37.3 Å². The van der Waals surface area contributed by atoms with Crippen LogP contribution in [0.3, 0.4) is 0 Å². The molecule has 2 aromatic rings. The standard InChI is InChI=1S/C19H17F2N3O3/c1-19(14-10-12(20)8-9-15(14)21)17(26)24(18(27)22-19)11-16(25)23(2)13-6-4-3-5-7-13/h3-10H,11H2,1-2H3,(H,22,27)/t19-/m1/s1. The van der Waals surface area contributed by atoms with Gasteiger partial charge in [-0.3, -0.25) is 14.5 Å². The minimum Gasteiger partial charge on any atom is -0.319 e. The molecule has 140 valence electrons. The monoisotopic (exact) mass is 373 g/mol. The third kappa shape index (κ3) is 3.25. The van der Waals surface area contributed by atoms with Crippen molar-refractivity contribution in [2.45, 2.75) is 12.5 Å². The van der Waals surface area contributed by atoms with E-state index in [1.54, 1.807) is 30.3 Å². The van der Waals surface area contributed by atoms with Crippen LogP contribution in [0.25, 0.3) is 0 Å². The first kappa shape index (κ1) is 18.5. The number of urea groups is 1. The van der Waals surface area contributed by atoms with Gasteiger partial charge in [-0.2, -0.15) is 0 Å². The van der Waals surface area contributed by atoms with Crippen molar-refractivity contribution in [1.82, 2.24) is 10.2 Å². The van der Waals surface area contributed by atoms with Gasteiger partial charge in [-0.1, -0.05) is 18.2 Å². The number of amides is 4. The number of rotatable bonds is 4. The van der Waals surface area contributed by atoms with Crippen molar-refractivity contribution in [3.63, 3.8) is 0 Å². The molecule has 6 nitrogen and oxygen atoms in total. The molecule has 8 heteroatoms. The van der Waals surface area contributed by atoms with Crippen LogP contribution in [-0.4, -0.2) is 36.3 Å². The van der Waals surface area contributed by atoms with E-state index < -0.39 is 41.6 Å². The molecule has 1 N–H and O–H groups in total. The first-order valence-corrected chi connectivity index (χ1v) is 8.15. The number of nitrogens with one attached hydrogen (secondary N) is 1. The molecular weight excluding hydrogens is 356 g/mol. The summed E-state index contributed by atoms with van der Waals surface area (Å²) in [5.74, 6) is -2.91. The molecule has 2 aromatic carbocycles. The second kappa shape index (κ2) is 6.79. The highest BCUT2D eigenvalue weighted by atomic mass is 19.1. The fourth-order valence-electron chi connectivity index (χ4n) is 2.94. The molecule has 1 aliphatic rings. The fraction of sp³-hybridized carbons (Fsp3) is 0.211. The Hall–Kier alpha value is -3.29. The number of hydrogen-bond acceptors (Lipinski definition) is 3. The van der Waals surface area contributed by atoms with Crippen LogP contribution in [0.1, 0.15) is 12.5 Å². The summed E-state index contributed by atoms with van der Waals surface area (Å²) in [7, 11) is 1.52. The van der Waals surface area contributed by atoms with Crippen LogP contribution in [0.4, 0.5) is 19.3 Å². The second-order valence-electron chi connectivity index (χ2n) is 6.36. The highest BCUT2D eigenvalue weighted by Gasteiger charge is 2.51. The summed E-state index contributed by atoms with van der Waals surface area (Å²) in [5, 5.41) is 2.36. The maximum atomic E-state index is 14.1. The molecule has 0 aromatic heterocycles. The van der Waals surface area contributed by atoms with Gasteiger partial charge < -0.3 is 10.2 Å². The second-order valence-corrected chi connectivity index (χ2v) is 6.36. The summed E-state index contributed by atoms with van der Waals surface area (Å²) >= 11 is 0. The Morgan fingerprint density at radius 3 is 2.48 bits per heavy atom. The summed E-state index contributed by atoms with van der Waals surface area (Å²) in [5.41, 5.74) is -1.50. The number of benzene rings is 2. The van der Waals surface area contributed by atoms with Gasteiger partial charge in [-0.15, -0.1) is 0 Å². The van der Waals surface area contributed by atoms with Gasteiger partial charge in [0.25, 0.3) is 5.91 Å². The summed E-state index contributed by atoms with van der Waals surface area (Å²) < 4.78 is 27.7. The van der Waals surface area contributed by atoms with E-state index in [0.29, 0.717) is 10.6 Å². The summed E-state index contributed by atoms with van der Waals surface area (Å²) in [6.07, 6.45) is 0. The first-order valence-electron chi connectivity index (χ1n) is 8.15. The van der Waals surface area contributed by atoms with Crippen LogP contribution >= 0.6 is 0 Å². The van der Waals surface area contributed by atoms with Crippen molar-refractivity contribution in [1.29, 1.82) is 0 Å². The Bertz CT molecular complexity index is 920. The molecule has 0 spiro atoms. The minimum atomic E-state index is -1.80. The predicted molar refractivity (Wildman–Crippen MR) is 93.8 cm³/mol. The van der Waals surface area contributed by atoms with E-state index in [9.17, 15) is 23.2 Å². The number of halogens is 2. The van der Waals surface area contributed by atoms with Crippen LogP contribution in [-0.2, 0) is 15.1 Å². The molecule has 1 fully saturated rings. The van der Waals surface area contributed by atoms with E-state index in [0.717, 1.165) is 18.2 Å². The fourth-order valence-corrected chi connectivity index (χ4v) is 2.94. The van der Waals surface area contributed by atoms with Gasteiger partial charge in [0, 0.05) is 18.3 Å². The first-order chi connectivity index (χ1) is 12.7. The number of likely N-dealkylation sites (N-methyl/N-ethyl adjacent to an activating group) is 1. The smallest absolute Gasteiger partial charge is 0.319 e. The Balaban J connectivity index is 1.84. The van der Waals surface area contributed by atoms with Crippen LogP contribution in [0, 0.1) is 11.6 Å². The van der Waals surface area contributed by atoms with Gasteiger partial charge in [0.1, 0.15) is 23.7 Å². The molecule has 0 unspecified atom stereocenters. The molecule has 0 saturated carbocycles. The summed E-state index contributed by atoms with van der Waals surface area (Å²) in [6.45, 7) is 0.749. The van der Waals surface area contributed by atoms with Crippen LogP contribution in [0.15, 0.2) is 48.5 Å². The van der Waals surface area contributed by atoms with Crippen LogP contribution in [0.2, 0.25) is 0 Å². The highest BCUT2D eigenvalue weighted by molar-refractivity contribution is 6.10. The lowest BCUT2D eigenvalue weighted by atomic mass is 9.91. The van der Waals surface area contributed by atoms with Crippen molar-refractivity contribution in [3.8, 4) is 0 Å². The average molecular weight is 373 g/mol. The van der Waals surface area contributed by atoms with Gasteiger partial charge >= 0.3 is 6.03 Å². The lowest BCUT2D eigenvalue weighted by Gasteiger charge is -2.23. The van der Waals surface area contributed by atoms with Crippen molar-refractivity contribution in [2.75, 3.05) is 18.5 Å². The molecular formula is C19H17F2N3O3. The van der Waals surface area contributed by atoms with Gasteiger partial charge in [0.05, 0.1) is 0 Å². The Morgan fingerprint density at radius 1 is 1.15 bits per heavy atom. The van der Waals surface area contributed by atoms with Crippen LogP contribution in [0.5, 0.6) is 0 Å². The number of carbonyl (C=O) groups is 3. The van der Waals surface area contributed by atoms with Crippen molar-refractivity contribution < 1.29 is 23.2 Å². The predicted octanol–water partition coefficient (Wildman–Crippen LogP) is 2.39. The maximum Gasteiger partial charge on any atom is 0.325 e. The quantitative estimate of drug-likeness (QED) is 0.837. The SMILES string of the molecule is CN(C(=O)CN1C(=O)N[C@](C)(c2cc(F)ccc2F)C1=O)c1ccccc1. The lowest BCUT2D eigenvalue weighted by molar-refractivity contribution is -0.134. The number of imide groups is 1. The van der Waals surface area contributed by atoms with Gasteiger partial charge in [0.15, 0.2) is 0 Å². The molecule has 3 rings (SSSR count). The van der Waals surface area contributed by atoms with Crippen LogP contribution < -0.4 is 10.2 Å². The Kier molecular flexibility index (Phi) is 4.65. The van der Waals surface area contributed by atoms with Crippen molar-refractivity contribution in [2.24, 2.45) is 0 Å². The highest BCUT2D eigenvalue weighted by Crippen LogP contribution is 2.31. The third-order valence-corrected chi connectivity index (χ3v) is 4.55. The molecule has 1 heterocycles. The molecule has 4 amide bonds. The molecule has 1 aliphatic heterocycles. The largest absolute Gasteiger partial charge is 0.325 e. The maximum absolute atomic E-state index is 14.1. The van der Waals surface area contributed by atoms with Crippen molar-refractivity contribution >= 4 is 23.5 Å². The zero-order valence-corrected chi connectivity index (χ0v) is 14.7. The molecule has 1 saturated heterocycles. The zero-order valence-electron chi connectivity index (χ0n) is 14.7. The molecule has 1 atom stereocenters. The lowest BCUT2D eigenvalue weighted by Crippen LogP contribution is -2.44. The zero-order chi connectivity index (χ0) is 19.8. The van der Waals surface area contributed by atoms with Gasteiger partial charge in [0.2, 0.25) is 5.91 Å². The third-order valence-electron chi connectivity index (χ3n) is 4.55. The van der Waals surface area contributed by atoms with E-state index in [1.165, 1.54) is 18.9 Å². The minimum absolute atomic E-state index is 0.299. The number of nitrogens with zero attached hydrogens (tertiary/aromatic N) is 2. The molecule has 0 bridgehead atoms. The van der Waals surface area contributed by atoms with Crippen molar-refractivity contribution in [3.05, 3.63) is 65.7 Å². The molecule has 0 aliphatic carbocycles. The van der Waals surface area contributed by atoms with E-state index in [-0.39, 0.29) is 5.56 Å². The molecule has 27 heavy (non-hydrogen) atoms. The summed E-state index contributed by atoms with van der Waals surface area (Å²) in [6, 6.07) is 10.5. The van der Waals surface area contributed by atoms with E-state index >= 15 is 0 Å². The summed E-state index contributed by atoms with van der Waals surface area (Å²) in [4.78, 5) is 39.5. The van der Waals surface area contributed by atoms with E-state index in [1.807, 2.05) is 0 Å². The van der Waals surface area contributed by atoms with Gasteiger partial charge in [-0.25, -0.2) is 13.6 Å². The topological polar surface area (TPSA) is 69.7 Å². The molecule has 0 radical (unpaired) electrons. The Morgan fingerprint density at radius 2 is 1.81 bits per heavy atom.